The number of hydrogen-bond donors (Lipinski definition) is 2. The molecule has 2 aromatic heterocycles. The van der Waals surface area contributed by atoms with Gasteiger partial charge in [-0.25, -0.2) is 14.4 Å². The molecule has 0 fully saturated rings. The second-order valence-corrected chi connectivity index (χ2v) is 8.29. The molecule has 0 saturated heterocycles. The number of rotatable bonds is 11. The molecule has 1 amide bonds. The third kappa shape index (κ3) is 7.31. The average molecular weight is 502 g/mol. The number of fused-ring (bicyclic) bond motifs is 1. The van der Waals surface area contributed by atoms with Crippen LogP contribution >= 0.6 is 0 Å². The third-order valence-corrected chi connectivity index (χ3v) is 5.39. The highest BCUT2D eigenvalue weighted by Gasteiger charge is 2.08. The van der Waals surface area contributed by atoms with Crippen LogP contribution < -0.4 is 15.4 Å². The maximum Gasteiger partial charge on any atom is 0.246 e. The lowest BCUT2D eigenvalue weighted by atomic mass is 10.1. The fourth-order valence-electron chi connectivity index (χ4n) is 3.54. The van der Waals surface area contributed by atoms with E-state index in [0.29, 0.717) is 18.1 Å². The minimum absolute atomic E-state index is 0.0819. The molecule has 0 aliphatic heterocycles. The van der Waals surface area contributed by atoms with E-state index in [0.717, 1.165) is 39.2 Å². The van der Waals surface area contributed by atoms with Gasteiger partial charge < -0.3 is 20.1 Å². The van der Waals surface area contributed by atoms with E-state index in [1.165, 1.54) is 6.33 Å². The van der Waals surface area contributed by atoms with Gasteiger partial charge in [-0.3, -0.25) is 9.78 Å². The van der Waals surface area contributed by atoms with Gasteiger partial charge in [-0.2, -0.15) is 0 Å². The first-order valence-corrected chi connectivity index (χ1v) is 11.8. The topological polar surface area (TPSA) is 98.3 Å². The maximum absolute atomic E-state index is 12.0. The number of aryl methyl sites for hydroxylation is 2. The number of ether oxygens (including phenoxy) is 2. The molecular formula is C28H28FN5O3. The predicted molar refractivity (Wildman–Crippen MR) is 142 cm³/mol. The first-order chi connectivity index (χ1) is 18.0. The Morgan fingerprint density at radius 3 is 2.73 bits per heavy atom. The van der Waals surface area contributed by atoms with Crippen molar-refractivity contribution < 1.29 is 18.7 Å². The first-order valence-electron chi connectivity index (χ1n) is 11.8. The normalized spacial score (nSPS) is 11.1. The molecule has 2 aromatic carbocycles. The van der Waals surface area contributed by atoms with Crippen LogP contribution in [0.15, 0.2) is 67.1 Å². The number of hydrogen-bond acceptors (Lipinski definition) is 7. The van der Waals surface area contributed by atoms with E-state index < -0.39 is 6.67 Å². The van der Waals surface area contributed by atoms with Crippen molar-refractivity contribution in [3.63, 3.8) is 0 Å². The highest BCUT2D eigenvalue weighted by atomic mass is 19.1. The Morgan fingerprint density at radius 1 is 1.05 bits per heavy atom. The van der Waals surface area contributed by atoms with Gasteiger partial charge >= 0.3 is 0 Å². The van der Waals surface area contributed by atoms with E-state index in [4.69, 9.17) is 9.47 Å². The number of alkyl halides is 1. The van der Waals surface area contributed by atoms with Gasteiger partial charge in [0.25, 0.3) is 0 Å². The largest absolute Gasteiger partial charge is 0.455 e. The molecule has 0 bridgehead atoms. The zero-order valence-electron chi connectivity index (χ0n) is 20.7. The molecule has 0 radical (unpaired) electrons. The van der Waals surface area contributed by atoms with Gasteiger partial charge in [0.2, 0.25) is 5.91 Å². The minimum atomic E-state index is -0.610. The number of nitrogens with zero attached hydrogens (tertiary/aromatic N) is 3. The Kier molecular flexibility index (Phi) is 8.72. The minimum Gasteiger partial charge on any atom is -0.455 e. The Balaban J connectivity index is 1.43. The van der Waals surface area contributed by atoms with Crippen LogP contribution in [0.25, 0.3) is 17.0 Å². The zero-order chi connectivity index (χ0) is 26.0. The molecule has 4 rings (SSSR count). The summed E-state index contributed by atoms with van der Waals surface area (Å²) < 4.78 is 22.9. The Bertz CT molecular complexity index is 1390. The van der Waals surface area contributed by atoms with Crippen LogP contribution in [0, 0.1) is 13.8 Å². The maximum atomic E-state index is 12.0. The van der Waals surface area contributed by atoms with Crippen molar-refractivity contribution in [2.24, 2.45) is 0 Å². The average Bonchev–Trinajstić information content (AvgIpc) is 2.90. The smallest absolute Gasteiger partial charge is 0.246 e. The number of pyridine rings is 1. The van der Waals surface area contributed by atoms with Crippen molar-refractivity contribution in [1.82, 2.24) is 20.3 Å². The summed E-state index contributed by atoms with van der Waals surface area (Å²) in [6.45, 7) is 3.40. The summed E-state index contributed by atoms with van der Waals surface area (Å²) in [7, 11) is 0. The summed E-state index contributed by atoms with van der Waals surface area (Å²) in [4.78, 5) is 24.7. The predicted octanol–water partition coefficient (Wildman–Crippen LogP) is 5.29. The second-order valence-electron chi connectivity index (χ2n) is 8.29. The zero-order valence-corrected chi connectivity index (χ0v) is 20.7. The summed E-state index contributed by atoms with van der Waals surface area (Å²) in [6.07, 6.45) is 6.96. The highest BCUT2D eigenvalue weighted by molar-refractivity contribution is 5.92. The Morgan fingerprint density at radius 2 is 1.95 bits per heavy atom. The third-order valence-electron chi connectivity index (χ3n) is 5.39. The van der Waals surface area contributed by atoms with E-state index >= 15 is 0 Å². The molecule has 190 valence electrons. The van der Waals surface area contributed by atoms with E-state index in [9.17, 15) is 9.18 Å². The van der Waals surface area contributed by atoms with Gasteiger partial charge in [0.15, 0.2) is 0 Å². The second kappa shape index (κ2) is 12.5. The van der Waals surface area contributed by atoms with E-state index in [-0.39, 0.29) is 19.1 Å². The number of aromatic nitrogens is 3. The number of halogens is 1. The number of amides is 1. The van der Waals surface area contributed by atoms with Crippen LogP contribution in [0.1, 0.15) is 16.8 Å². The van der Waals surface area contributed by atoms with E-state index in [1.807, 2.05) is 74.5 Å². The first kappa shape index (κ1) is 25.7. The van der Waals surface area contributed by atoms with Crippen molar-refractivity contribution in [2.75, 3.05) is 31.7 Å². The van der Waals surface area contributed by atoms with Crippen LogP contribution in [0.2, 0.25) is 0 Å². The number of nitrogens with one attached hydrogen (secondary N) is 2. The highest BCUT2D eigenvalue weighted by Crippen LogP contribution is 2.30. The molecule has 0 atom stereocenters. The fraction of sp³-hybridized carbons (Fsp3) is 0.214. The molecule has 9 heteroatoms. The molecule has 8 nitrogen and oxygen atoms in total. The Labute approximate surface area is 214 Å². The molecular weight excluding hydrogens is 473 g/mol. The van der Waals surface area contributed by atoms with Crippen LogP contribution in [0.5, 0.6) is 11.5 Å². The molecule has 0 spiro atoms. The summed E-state index contributed by atoms with van der Waals surface area (Å²) >= 11 is 0. The molecule has 0 aliphatic carbocycles. The van der Waals surface area contributed by atoms with Crippen LogP contribution in [0.4, 0.5) is 15.9 Å². The molecule has 0 aliphatic rings. The van der Waals surface area contributed by atoms with Crippen LogP contribution in [-0.2, 0) is 9.53 Å². The molecule has 37 heavy (non-hydrogen) atoms. The lowest BCUT2D eigenvalue weighted by molar-refractivity contribution is -0.125. The van der Waals surface area contributed by atoms with Gasteiger partial charge in [0.1, 0.15) is 36.9 Å². The SMILES string of the molecule is Cc1ccc(Oc2ccc(Nc3ncnc4ccc(/C=C/CNC(=O)COCCF)cc34)cc2C)cn1. The van der Waals surface area contributed by atoms with Gasteiger partial charge in [-0.05, 0) is 67.4 Å². The van der Waals surface area contributed by atoms with Gasteiger partial charge in [-0.15, -0.1) is 0 Å². The summed E-state index contributed by atoms with van der Waals surface area (Å²) in [6, 6.07) is 15.5. The lowest BCUT2D eigenvalue weighted by Gasteiger charge is -2.12. The van der Waals surface area contributed by atoms with Gasteiger partial charge in [0, 0.05) is 23.3 Å². The number of benzene rings is 2. The van der Waals surface area contributed by atoms with Crippen molar-refractivity contribution in [1.29, 1.82) is 0 Å². The van der Waals surface area contributed by atoms with Crippen molar-refractivity contribution in [3.05, 3.63) is 84.0 Å². The van der Waals surface area contributed by atoms with Crippen LogP contribution in [-0.4, -0.2) is 47.3 Å². The number of carbonyl (C=O) groups is 1. The Hall–Kier alpha value is -4.37. The molecule has 2 heterocycles. The quantitative estimate of drug-likeness (QED) is 0.269. The lowest BCUT2D eigenvalue weighted by Crippen LogP contribution is -2.27. The summed E-state index contributed by atoms with van der Waals surface area (Å²) in [5.41, 5.74) is 4.49. The molecule has 4 aromatic rings. The summed E-state index contributed by atoms with van der Waals surface area (Å²) in [5, 5.41) is 6.93. The monoisotopic (exact) mass is 501 g/mol. The van der Waals surface area contributed by atoms with Crippen molar-refractivity contribution in [2.45, 2.75) is 13.8 Å². The summed E-state index contributed by atoms with van der Waals surface area (Å²) in [5.74, 6) is 1.81. The molecule has 0 unspecified atom stereocenters. The molecule has 2 N–H and O–H groups in total. The number of carbonyl (C=O) groups excluding carboxylic acids is 1. The number of anilines is 2. The van der Waals surface area contributed by atoms with Gasteiger partial charge in [0.05, 0.1) is 18.3 Å². The molecule has 0 saturated carbocycles. The van der Waals surface area contributed by atoms with E-state index in [1.54, 1.807) is 6.20 Å². The standard InChI is InChI=1S/C28H28FN5O3/c1-19-14-22(7-10-26(19)37-23-8-5-20(2)31-16-23)34-28-24-15-21(6-9-25(24)32-18-33-28)4-3-12-30-27(35)17-36-13-11-29/h3-10,14-16,18H,11-13,17H2,1-2H3,(H,30,35)(H,32,33,34)/b4-3+. The van der Waals surface area contributed by atoms with Crippen LogP contribution in [0.3, 0.4) is 0 Å². The van der Waals surface area contributed by atoms with E-state index in [2.05, 4.69) is 25.6 Å². The van der Waals surface area contributed by atoms with Crippen molar-refractivity contribution >= 4 is 34.4 Å². The van der Waals surface area contributed by atoms with Crippen molar-refractivity contribution in [3.8, 4) is 11.5 Å². The van der Waals surface area contributed by atoms with Gasteiger partial charge in [-0.1, -0.05) is 18.2 Å². The fourth-order valence-corrected chi connectivity index (χ4v) is 3.54.